The van der Waals surface area contributed by atoms with E-state index in [-0.39, 0.29) is 27.8 Å². The Morgan fingerprint density at radius 1 is 0.765 bits per heavy atom. The number of allylic oxidation sites excluding steroid dienone is 2. The zero-order valence-corrected chi connectivity index (χ0v) is 25.2. The van der Waals surface area contributed by atoms with E-state index in [1.54, 1.807) is 0 Å². The fraction of sp³-hybridized carbons (Fsp3) is 0.600. The molecule has 2 atom stereocenters. The molecule has 1 heterocycles. The molecule has 2 aliphatic rings. The average Bonchev–Trinajstić information content (AvgIpc) is 2.61. The van der Waals surface area contributed by atoms with Gasteiger partial charge in [0.25, 0.3) is 0 Å². The van der Waals surface area contributed by atoms with Gasteiger partial charge in [0.05, 0.1) is 0 Å². The Bertz CT molecular complexity index is 1160. The maximum Gasteiger partial charge on any atom is 0.339 e. The molecular formula is C30H44ClO2P. The summed E-state index contributed by atoms with van der Waals surface area (Å²) in [5.74, 6) is 0.904. The smallest absolute Gasteiger partial charge is 0.339 e. The van der Waals surface area contributed by atoms with Gasteiger partial charge in [-0.25, -0.2) is 0 Å². The van der Waals surface area contributed by atoms with Crippen LogP contribution in [0.2, 0.25) is 0 Å². The second kappa shape index (κ2) is 8.79. The molecule has 0 bridgehead atoms. The lowest BCUT2D eigenvalue weighted by atomic mass is 9.72. The lowest BCUT2D eigenvalue weighted by molar-refractivity contribution is 0.250. The topological polar surface area (TPSA) is 18.5 Å². The maximum absolute atomic E-state index is 6.83. The van der Waals surface area contributed by atoms with E-state index in [0.717, 1.165) is 11.0 Å². The van der Waals surface area contributed by atoms with Crippen molar-refractivity contribution in [1.29, 1.82) is 0 Å². The third-order valence-electron chi connectivity index (χ3n) is 6.69. The van der Waals surface area contributed by atoms with Crippen LogP contribution in [0, 0.1) is 23.2 Å². The van der Waals surface area contributed by atoms with Crippen LogP contribution < -0.4 is 10.4 Å². The Labute approximate surface area is 213 Å². The number of hydrogen-bond donors (Lipinski definition) is 0. The lowest BCUT2D eigenvalue weighted by Gasteiger charge is -2.39. The minimum Gasteiger partial charge on any atom is -0.439 e. The molecule has 1 aromatic carbocycles. The quantitative estimate of drug-likeness (QED) is 0.331. The van der Waals surface area contributed by atoms with E-state index in [9.17, 15) is 0 Å². The molecule has 188 valence electrons. The summed E-state index contributed by atoms with van der Waals surface area (Å²) in [5, 5.41) is 2.37. The highest BCUT2D eigenvalue weighted by Crippen LogP contribution is 2.54. The minimum absolute atomic E-state index is 0.00895. The molecule has 0 N–H and O–H groups in total. The van der Waals surface area contributed by atoms with E-state index in [1.165, 1.54) is 33.1 Å². The van der Waals surface area contributed by atoms with Crippen molar-refractivity contribution < 1.29 is 9.05 Å². The number of fused-ring (bicyclic) bond motifs is 2. The number of benzene rings is 1. The van der Waals surface area contributed by atoms with Gasteiger partial charge in [0.1, 0.15) is 11.9 Å². The maximum atomic E-state index is 6.83. The van der Waals surface area contributed by atoms with Crippen molar-refractivity contribution in [2.45, 2.75) is 102 Å². The van der Waals surface area contributed by atoms with Gasteiger partial charge in [-0.1, -0.05) is 101 Å². The molecular weight excluding hydrogens is 459 g/mol. The zero-order valence-electron chi connectivity index (χ0n) is 23.5. The highest BCUT2D eigenvalue weighted by Gasteiger charge is 2.38. The highest BCUT2D eigenvalue weighted by atomic mass is 35.7. The normalized spacial score (nSPS) is 22.2. The second-order valence-corrected chi connectivity index (χ2v) is 15.6. The first kappa shape index (κ1) is 27.5. The molecule has 0 saturated carbocycles. The number of aryl methyl sites for hydroxylation is 1. The third-order valence-corrected chi connectivity index (χ3v) is 7.84. The first-order valence-electron chi connectivity index (χ1n) is 12.4. The summed E-state index contributed by atoms with van der Waals surface area (Å²) in [6, 6.07) is 4.67. The van der Waals surface area contributed by atoms with Crippen LogP contribution >= 0.6 is 19.0 Å². The molecule has 4 heteroatoms. The summed E-state index contributed by atoms with van der Waals surface area (Å²) in [5.41, 5.74) is 6.03. The molecule has 0 fully saturated rings. The van der Waals surface area contributed by atoms with Crippen molar-refractivity contribution >= 4 is 30.3 Å². The molecule has 0 saturated heterocycles. The predicted octanol–water partition coefficient (Wildman–Crippen LogP) is 8.44. The van der Waals surface area contributed by atoms with Gasteiger partial charge in [0.15, 0.2) is 0 Å². The van der Waals surface area contributed by atoms with Gasteiger partial charge in [-0.15, -0.1) is 0 Å². The van der Waals surface area contributed by atoms with Crippen molar-refractivity contribution in [3.63, 3.8) is 0 Å². The van der Waals surface area contributed by atoms with Crippen LogP contribution in [-0.2, 0) is 14.5 Å². The van der Waals surface area contributed by atoms with Crippen LogP contribution in [0.5, 0.6) is 0 Å². The van der Waals surface area contributed by atoms with Gasteiger partial charge in [0, 0.05) is 10.6 Å². The Kier molecular flexibility index (Phi) is 7.11. The Morgan fingerprint density at radius 2 is 1.35 bits per heavy atom. The fourth-order valence-corrected chi connectivity index (χ4v) is 6.00. The van der Waals surface area contributed by atoms with Crippen LogP contribution in [0.1, 0.15) is 94.2 Å². The van der Waals surface area contributed by atoms with Crippen molar-refractivity contribution in [2.75, 3.05) is 0 Å². The average molecular weight is 503 g/mol. The Balaban J connectivity index is 2.65. The first-order chi connectivity index (χ1) is 15.2. The Morgan fingerprint density at radius 3 is 1.82 bits per heavy atom. The molecule has 3 rings (SSSR count). The van der Waals surface area contributed by atoms with Crippen LogP contribution in [0.25, 0.3) is 11.3 Å². The molecule has 0 aromatic heterocycles. The summed E-state index contributed by atoms with van der Waals surface area (Å²) in [7, 11) is -1.63. The van der Waals surface area contributed by atoms with Crippen LogP contribution in [-0.4, -0.2) is 6.10 Å². The molecule has 2 nitrogen and oxygen atoms in total. The molecule has 2 unspecified atom stereocenters. The third kappa shape index (κ3) is 5.50. The van der Waals surface area contributed by atoms with Gasteiger partial charge in [-0.05, 0) is 73.5 Å². The van der Waals surface area contributed by atoms with E-state index in [1.807, 2.05) is 0 Å². The van der Waals surface area contributed by atoms with E-state index < -0.39 is 7.73 Å². The standard InChI is InChI=1S/C30H44ClO2P/c1-18-14-19(27(2,3)4)16-22-24(18)21-15-20(28(5,6)7)17-23(29(8,9)10)25(21)32-34(31)33-26(22)30(11,12)13/h14-17,25H,1-13H3. The van der Waals surface area contributed by atoms with Crippen molar-refractivity contribution in [3.05, 3.63) is 57.0 Å². The fourth-order valence-electron chi connectivity index (χ4n) is 4.60. The predicted molar refractivity (Wildman–Crippen MR) is 149 cm³/mol. The number of halogens is 1. The molecule has 0 amide bonds. The van der Waals surface area contributed by atoms with Gasteiger partial charge in [-0.2, -0.15) is 0 Å². The summed E-state index contributed by atoms with van der Waals surface area (Å²) in [4.78, 5) is 0. The van der Waals surface area contributed by atoms with E-state index >= 15 is 0 Å². The molecule has 0 spiro atoms. The lowest BCUT2D eigenvalue weighted by Crippen LogP contribution is -2.42. The van der Waals surface area contributed by atoms with Gasteiger partial charge < -0.3 is 4.52 Å². The van der Waals surface area contributed by atoms with E-state index in [2.05, 4.69) is 114 Å². The largest absolute Gasteiger partial charge is 0.439 e. The zero-order chi connectivity index (χ0) is 26.0. The monoisotopic (exact) mass is 502 g/mol. The molecule has 1 aliphatic heterocycles. The van der Waals surface area contributed by atoms with Crippen molar-refractivity contribution in [2.24, 2.45) is 16.2 Å². The van der Waals surface area contributed by atoms with Gasteiger partial charge in [0.2, 0.25) is 0 Å². The van der Waals surface area contributed by atoms with E-state index in [0.29, 0.717) is 0 Å². The van der Waals surface area contributed by atoms with Gasteiger partial charge >= 0.3 is 7.73 Å². The summed E-state index contributed by atoms with van der Waals surface area (Å²) in [6.45, 7) is 29.2. The van der Waals surface area contributed by atoms with E-state index in [4.69, 9.17) is 20.3 Å². The van der Waals surface area contributed by atoms with Crippen molar-refractivity contribution in [3.8, 4) is 0 Å². The highest BCUT2D eigenvalue weighted by molar-refractivity contribution is 7.76. The minimum atomic E-state index is -1.63. The summed E-state index contributed by atoms with van der Waals surface area (Å²) >= 11 is 6.83. The summed E-state index contributed by atoms with van der Waals surface area (Å²) < 4.78 is 13.0. The summed E-state index contributed by atoms with van der Waals surface area (Å²) in [6.07, 6.45) is 4.45. The Hall–Kier alpha value is -1.08. The van der Waals surface area contributed by atoms with Crippen LogP contribution in [0.4, 0.5) is 0 Å². The molecule has 34 heavy (non-hydrogen) atoms. The number of hydrogen-bond acceptors (Lipinski definition) is 2. The van der Waals surface area contributed by atoms with Crippen molar-refractivity contribution in [1.82, 2.24) is 0 Å². The first-order valence-corrected chi connectivity index (χ1v) is 14.4. The molecule has 0 radical (unpaired) electrons. The molecule has 1 aromatic rings. The SMILES string of the molecule is Cc1cc(C(C)(C)C)cc2c1=C1C=C(C(C)(C)C)C=C(C(C)(C)C)C1OP(Cl)OC=2C(C)(C)C. The van der Waals surface area contributed by atoms with Crippen LogP contribution in [0.3, 0.4) is 0 Å². The number of rotatable bonds is 0. The second-order valence-electron chi connectivity index (χ2n) is 14.0. The van der Waals surface area contributed by atoms with Crippen LogP contribution in [0.15, 0.2) is 35.4 Å². The molecule has 1 aliphatic carbocycles. The van der Waals surface area contributed by atoms with Gasteiger partial charge in [-0.3, -0.25) is 4.52 Å².